The fourth-order valence-corrected chi connectivity index (χ4v) is 2.39. The topological polar surface area (TPSA) is 50.7 Å². The summed E-state index contributed by atoms with van der Waals surface area (Å²) in [5.41, 5.74) is 4.33. The third kappa shape index (κ3) is 2.04. The molecule has 1 N–H and O–H groups in total. The summed E-state index contributed by atoms with van der Waals surface area (Å²) in [5.74, 6) is 0.724. The zero-order valence-electron chi connectivity index (χ0n) is 10.1. The van der Waals surface area contributed by atoms with Crippen LogP contribution in [-0.2, 0) is 19.5 Å². The van der Waals surface area contributed by atoms with Crippen LogP contribution in [0.15, 0.2) is 22.8 Å². The van der Waals surface area contributed by atoms with Gasteiger partial charge in [-0.2, -0.15) is 0 Å². The first-order valence-electron chi connectivity index (χ1n) is 5.99. The van der Waals surface area contributed by atoms with Gasteiger partial charge in [0.15, 0.2) is 5.82 Å². The Kier molecular flexibility index (Phi) is 3.09. The lowest BCUT2D eigenvalue weighted by Gasteiger charge is -2.07. The van der Waals surface area contributed by atoms with Crippen LogP contribution in [-0.4, -0.2) is 15.0 Å². The van der Waals surface area contributed by atoms with Gasteiger partial charge in [0.25, 0.3) is 0 Å². The maximum absolute atomic E-state index is 4.63. The first-order valence-corrected chi connectivity index (χ1v) is 6.78. The Morgan fingerprint density at radius 1 is 1.28 bits per heavy atom. The van der Waals surface area contributed by atoms with E-state index in [-0.39, 0.29) is 0 Å². The Hall–Kier alpha value is -1.33. The maximum Gasteiger partial charge on any atom is 0.178 e. The molecule has 3 rings (SSSR count). The van der Waals surface area contributed by atoms with Crippen LogP contribution >= 0.6 is 15.9 Å². The minimum atomic E-state index is 0.724. The number of nitrogens with one attached hydrogen (secondary N) is 1. The van der Waals surface area contributed by atoms with Crippen LogP contribution in [0.2, 0.25) is 0 Å². The third-order valence-electron chi connectivity index (χ3n) is 3.06. The van der Waals surface area contributed by atoms with Crippen molar-refractivity contribution in [2.75, 3.05) is 0 Å². The Morgan fingerprint density at radius 2 is 2.17 bits per heavy atom. The van der Waals surface area contributed by atoms with Crippen molar-refractivity contribution < 1.29 is 0 Å². The van der Waals surface area contributed by atoms with Crippen LogP contribution in [0, 0.1) is 0 Å². The molecule has 0 saturated heterocycles. The summed E-state index contributed by atoms with van der Waals surface area (Å²) < 4.78 is 0.963. The molecule has 0 spiro atoms. The predicted octanol–water partition coefficient (Wildman–Crippen LogP) is 2.47. The van der Waals surface area contributed by atoms with Crippen molar-refractivity contribution in [3.05, 3.63) is 39.8 Å². The second-order valence-corrected chi connectivity index (χ2v) is 5.15. The monoisotopic (exact) mass is 304 g/mol. The molecule has 0 amide bonds. The van der Waals surface area contributed by atoms with E-state index in [1.54, 1.807) is 6.20 Å². The number of hydrogen-bond acceptors (Lipinski definition) is 4. The summed E-state index contributed by atoms with van der Waals surface area (Å²) in [4.78, 5) is 13.6. The summed E-state index contributed by atoms with van der Waals surface area (Å²) >= 11 is 3.38. The largest absolute Gasteiger partial charge is 0.307 e. The highest BCUT2D eigenvalue weighted by molar-refractivity contribution is 9.10. The van der Waals surface area contributed by atoms with Gasteiger partial charge in [0.1, 0.15) is 5.69 Å². The summed E-state index contributed by atoms with van der Waals surface area (Å²) in [6.07, 6.45) is 2.70. The molecule has 0 atom stereocenters. The van der Waals surface area contributed by atoms with Crippen LogP contribution in [0.3, 0.4) is 0 Å². The molecule has 0 radical (unpaired) electrons. The number of pyridine rings is 1. The van der Waals surface area contributed by atoms with Gasteiger partial charge in [-0.15, -0.1) is 0 Å². The maximum atomic E-state index is 4.63. The van der Waals surface area contributed by atoms with Crippen molar-refractivity contribution in [3.63, 3.8) is 0 Å². The Morgan fingerprint density at radius 3 is 2.89 bits per heavy atom. The van der Waals surface area contributed by atoms with E-state index in [9.17, 15) is 0 Å². The quantitative estimate of drug-likeness (QED) is 0.926. The van der Waals surface area contributed by atoms with Crippen LogP contribution in [0.1, 0.15) is 23.9 Å². The van der Waals surface area contributed by atoms with Crippen molar-refractivity contribution in [1.29, 1.82) is 0 Å². The molecule has 3 heterocycles. The van der Waals surface area contributed by atoms with E-state index < -0.39 is 0 Å². The number of aryl methyl sites for hydroxylation is 1. The normalized spacial score (nSPS) is 13.7. The van der Waals surface area contributed by atoms with Crippen LogP contribution in [0.25, 0.3) is 11.5 Å². The molecule has 0 aliphatic carbocycles. The van der Waals surface area contributed by atoms with Crippen LogP contribution in [0.4, 0.5) is 0 Å². The lowest BCUT2D eigenvalue weighted by atomic mass is 10.1. The molecule has 18 heavy (non-hydrogen) atoms. The molecule has 0 aromatic carbocycles. The van der Waals surface area contributed by atoms with Gasteiger partial charge in [0.05, 0.1) is 5.69 Å². The second kappa shape index (κ2) is 4.74. The van der Waals surface area contributed by atoms with Crippen molar-refractivity contribution in [2.45, 2.75) is 26.4 Å². The number of nitrogens with zero attached hydrogens (tertiary/aromatic N) is 3. The van der Waals surface area contributed by atoms with Crippen molar-refractivity contribution in [2.24, 2.45) is 0 Å². The smallest absolute Gasteiger partial charge is 0.178 e. The van der Waals surface area contributed by atoms with E-state index in [4.69, 9.17) is 0 Å². The molecule has 92 valence electrons. The molecule has 1 aliphatic rings. The lowest BCUT2D eigenvalue weighted by Crippen LogP contribution is -2.03. The Balaban J connectivity index is 2.10. The van der Waals surface area contributed by atoms with E-state index in [1.165, 1.54) is 5.56 Å². The first kappa shape index (κ1) is 11.7. The molecule has 2 aromatic rings. The summed E-state index contributed by atoms with van der Waals surface area (Å²) in [5, 5.41) is 3.32. The van der Waals surface area contributed by atoms with Gasteiger partial charge in [-0.25, -0.2) is 9.97 Å². The van der Waals surface area contributed by atoms with Gasteiger partial charge in [-0.05, 0) is 34.5 Å². The van der Waals surface area contributed by atoms with Gasteiger partial charge in [-0.1, -0.05) is 6.92 Å². The summed E-state index contributed by atoms with van der Waals surface area (Å²) in [6, 6.07) is 3.90. The highest BCUT2D eigenvalue weighted by Gasteiger charge is 2.18. The highest BCUT2D eigenvalue weighted by atomic mass is 79.9. The van der Waals surface area contributed by atoms with Crippen molar-refractivity contribution >= 4 is 15.9 Å². The van der Waals surface area contributed by atoms with E-state index in [1.807, 2.05) is 12.1 Å². The number of fused-ring (bicyclic) bond motifs is 1. The molecule has 0 fully saturated rings. The SMILES string of the molecule is CCc1nc(-c2ccc(Br)cn2)nc2c1CNC2. The zero-order valence-corrected chi connectivity index (χ0v) is 11.7. The van der Waals surface area contributed by atoms with Gasteiger partial charge in [0, 0.05) is 35.0 Å². The molecule has 1 aliphatic heterocycles. The molecule has 5 heteroatoms. The highest BCUT2D eigenvalue weighted by Crippen LogP contribution is 2.22. The summed E-state index contributed by atoms with van der Waals surface area (Å²) in [7, 11) is 0. The number of halogens is 1. The van der Waals surface area contributed by atoms with Crippen molar-refractivity contribution in [3.8, 4) is 11.5 Å². The van der Waals surface area contributed by atoms with E-state index in [2.05, 4.69) is 43.1 Å². The van der Waals surface area contributed by atoms with E-state index in [0.717, 1.165) is 46.9 Å². The van der Waals surface area contributed by atoms with E-state index >= 15 is 0 Å². The molecular formula is C13H13BrN4. The first-order chi connectivity index (χ1) is 8.78. The Bertz CT molecular complexity index is 580. The predicted molar refractivity (Wildman–Crippen MR) is 72.9 cm³/mol. The van der Waals surface area contributed by atoms with E-state index in [0.29, 0.717) is 0 Å². The van der Waals surface area contributed by atoms with Crippen molar-refractivity contribution in [1.82, 2.24) is 20.3 Å². The zero-order chi connectivity index (χ0) is 12.5. The molecular weight excluding hydrogens is 292 g/mol. The Labute approximate surface area is 114 Å². The minimum Gasteiger partial charge on any atom is -0.307 e. The molecule has 2 aromatic heterocycles. The standard InChI is InChI=1S/C13H13BrN4/c1-2-10-9-6-15-7-12(9)18-13(17-10)11-4-3-8(14)5-16-11/h3-5,15H,2,6-7H2,1H3. The average Bonchev–Trinajstić information content (AvgIpc) is 2.86. The third-order valence-corrected chi connectivity index (χ3v) is 3.53. The molecule has 0 unspecified atom stereocenters. The number of rotatable bonds is 2. The second-order valence-electron chi connectivity index (χ2n) is 4.24. The lowest BCUT2D eigenvalue weighted by molar-refractivity contribution is 0.755. The molecule has 0 saturated carbocycles. The number of hydrogen-bond donors (Lipinski definition) is 1. The fraction of sp³-hybridized carbons (Fsp3) is 0.308. The average molecular weight is 305 g/mol. The van der Waals surface area contributed by atoms with Gasteiger partial charge in [-0.3, -0.25) is 4.98 Å². The number of aromatic nitrogens is 3. The fourth-order valence-electron chi connectivity index (χ4n) is 2.15. The van der Waals surface area contributed by atoms with Gasteiger partial charge < -0.3 is 5.32 Å². The minimum absolute atomic E-state index is 0.724. The van der Waals surface area contributed by atoms with Gasteiger partial charge in [0.2, 0.25) is 0 Å². The molecule has 4 nitrogen and oxygen atoms in total. The van der Waals surface area contributed by atoms with Crippen LogP contribution in [0.5, 0.6) is 0 Å². The summed E-state index contributed by atoms with van der Waals surface area (Å²) in [6.45, 7) is 3.83. The molecule has 0 bridgehead atoms. The van der Waals surface area contributed by atoms with Crippen LogP contribution < -0.4 is 5.32 Å². The van der Waals surface area contributed by atoms with Gasteiger partial charge >= 0.3 is 0 Å².